The molecule has 0 aromatic rings. The van der Waals surface area contributed by atoms with Crippen molar-refractivity contribution in [2.45, 2.75) is 142 Å². The van der Waals surface area contributed by atoms with E-state index < -0.39 is 11.9 Å². The zero-order valence-electron chi connectivity index (χ0n) is 28.9. The number of esters is 1. The molecule has 6 atom stereocenters. The number of allylic oxidation sites excluding steroid dienone is 14. The average Bonchev–Trinajstić information content (AvgIpc) is 3.02. The van der Waals surface area contributed by atoms with Crippen LogP contribution in [-0.4, -0.2) is 35.4 Å². The first-order valence-corrected chi connectivity index (χ1v) is 18.1. The Hall–Kier alpha value is -2.92. The van der Waals surface area contributed by atoms with Crippen LogP contribution >= 0.6 is 0 Å². The summed E-state index contributed by atoms with van der Waals surface area (Å²) in [5.74, 6) is -0.474. The fraction of sp³-hybridized carbons (Fsp3) is 0.610. The van der Waals surface area contributed by atoms with Gasteiger partial charge >= 0.3 is 11.9 Å². The quantitative estimate of drug-likeness (QED) is 0.291. The molecule has 2 bridgehead atoms. The van der Waals surface area contributed by atoms with Gasteiger partial charge in [0.25, 0.3) is 0 Å². The number of carboxylic acid groups (broad SMARTS) is 1. The van der Waals surface area contributed by atoms with Gasteiger partial charge in [0.15, 0.2) is 0 Å². The van der Waals surface area contributed by atoms with Crippen molar-refractivity contribution in [2.24, 2.45) is 17.8 Å². The third kappa shape index (κ3) is 18.9. The highest BCUT2D eigenvalue weighted by molar-refractivity contribution is 5.70. The average molecular weight is 635 g/mol. The van der Waals surface area contributed by atoms with Gasteiger partial charge in [-0.1, -0.05) is 150 Å². The second-order valence-corrected chi connectivity index (χ2v) is 13.2. The van der Waals surface area contributed by atoms with Gasteiger partial charge in [-0.25, -0.2) is 0 Å². The van der Waals surface area contributed by atoms with E-state index >= 15 is 0 Å². The van der Waals surface area contributed by atoms with Crippen LogP contribution in [0.3, 0.4) is 0 Å². The summed E-state index contributed by atoms with van der Waals surface area (Å²) in [6, 6.07) is 0. The Morgan fingerprint density at radius 2 is 1.22 bits per heavy atom. The lowest BCUT2D eigenvalue weighted by Gasteiger charge is -2.34. The van der Waals surface area contributed by atoms with Crippen molar-refractivity contribution in [3.05, 3.63) is 85.1 Å². The van der Waals surface area contributed by atoms with Crippen molar-refractivity contribution in [3.63, 3.8) is 0 Å². The maximum Gasteiger partial charge on any atom is 0.309 e. The summed E-state index contributed by atoms with van der Waals surface area (Å²) in [7, 11) is 0. The zero-order valence-corrected chi connectivity index (χ0v) is 28.9. The normalized spacial score (nSPS) is 29.7. The van der Waals surface area contributed by atoms with Crippen LogP contribution in [0.2, 0.25) is 0 Å². The molecular formula is C41H62O5. The van der Waals surface area contributed by atoms with Gasteiger partial charge in [-0.05, 0) is 63.7 Å². The third-order valence-corrected chi connectivity index (χ3v) is 9.12. The SMILES string of the molecule is CC1C=CC=CC=CC=CC=CC=CC=CCCC2OC(CCCCCCCCCCCC(=O)OC(C)C(C)C1)CCC2C(=O)O. The van der Waals surface area contributed by atoms with E-state index in [2.05, 4.69) is 32.1 Å². The van der Waals surface area contributed by atoms with E-state index in [1.807, 2.05) is 73.8 Å². The summed E-state index contributed by atoms with van der Waals surface area (Å²) in [4.78, 5) is 24.2. The number of fused-ring (bicyclic) bond motifs is 2. The Kier molecular flexibility index (Phi) is 21.5. The minimum absolute atomic E-state index is 0.0647. The predicted octanol–water partition coefficient (Wildman–Crippen LogP) is 10.8. The van der Waals surface area contributed by atoms with Crippen molar-refractivity contribution in [3.8, 4) is 0 Å². The third-order valence-electron chi connectivity index (χ3n) is 9.12. The van der Waals surface area contributed by atoms with Gasteiger partial charge in [0, 0.05) is 6.42 Å². The first kappa shape index (κ1) is 39.3. The van der Waals surface area contributed by atoms with Crippen LogP contribution in [0.4, 0.5) is 0 Å². The molecule has 0 aromatic heterocycles. The zero-order chi connectivity index (χ0) is 33.2. The molecule has 1 N–H and O–H groups in total. The van der Waals surface area contributed by atoms with Crippen LogP contribution in [-0.2, 0) is 19.1 Å². The van der Waals surface area contributed by atoms with Gasteiger partial charge in [0.1, 0.15) is 6.10 Å². The highest BCUT2D eigenvalue weighted by atomic mass is 16.5. The van der Waals surface area contributed by atoms with Gasteiger partial charge in [0.05, 0.1) is 18.1 Å². The van der Waals surface area contributed by atoms with Crippen molar-refractivity contribution < 1.29 is 24.2 Å². The number of carbonyl (C=O) groups is 2. The van der Waals surface area contributed by atoms with Crippen LogP contribution in [0.1, 0.15) is 124 Å². The van der Waals surface area contributed by atoms with E-state index in [0.29, 0.717) is 24.7 Å². The van der Waals surface area contributed by atoms with E-state index in [0.717, 1.165) is 51.4 Å². The molecule has 6 unspecified atom stereocenters. The Labute approximate surface area is 280 Å². The predicted molar refractivity (Wildman–Crippen MR) is 192 cm³/mol. The van der Waals surface area contributed by atoms with Gasteiger partial charge in [-0.3, -0.25) is 9.59 Å². The molecule has 46 heavy (non-hydrogen) atoms. The molecule has 0 amide bonds. The minimum Gasteiger partial charge on any atom is -0.481 e. The molecule has 0 aliphatic carbocycles. The van der Waals surface area contributed by atoms with E-state index in [1.165, 1.54) is 38.5 Å². The molecule has 2 aliphatic rings. The van der Waals surface area contributed by atoms with Crippen LogP contribution in [0, 0.1) is 17.8 Å². The lowest BCUT2D eigenvalue weighted by atomic mass is 9.87. The van der Waals surface area contributed by atoms with Gasteiger partial charge in [-0.15, -0.1) is 0 Å². The lowest BCUT2D eigenvalue weighted by Crippen LogP contribution is -2.39. The van der Waals surface area contributed by atoms with Crippen LogP contribution < -0.4 is 0 Å². The van der Waals surface area contributed by atoms with Crippen molar-refractivity contribution in [1.82, 2.24) is 0 Å². The number of carboxylic acids is 1. The fourth-order valence-corrected chi connectivity index (χ4v) is 6.17. The van der Waals surface area contributed by atoms with Gasteiger partial charge in [-0.2, -0.15) is 0 Å². The molecule has 2 heterocycles. The lowest BCUT2D eigenvalue weighted by molar-refractivity contribution is -0.158. The Morgan fingerprint density at radius 1 is 0.674 bits per heavy atom. The number of aliphatic carboxylic acids is 1. The maximum absolute atomic E-state index is 12.4. The first-order chi connectivity index (χ1) is 22.4. The number of rotatable bonds is 1. The number of hydrogen-bond acceptors (Lipinski definition) is 4. The number of cyclic esters (lactones) is 1. The highest BCUT2D eigenvalue weighted by Crippen LogP contribution is 2.31. The molecule has 2 rings (SSSR count). The fourth-order valence-electron chi connectivity index (χ4n) is 6.17. The molecule has 5 nitrogen and oxygen atoms in total. The van der Waals surface area contributed by atoms with E-state index in [-0.39, 0.29) is 24.3 Å². The molecule has 0 spiro atoms. The maximum atomic E-state index is 12.4. The molecule has 0 radical (unpaired) electrons. The van der Waals surface area contributed by atoms with Gasteiger partial charge in [0.2, 0.25) is 0 Å². The van der Waals surface area contributed by atoms with Crippen LogP contribution in [0.5, 0.6) is 0 Å². The molecule has 2 aliphatic heterocycles. The van der Waals surface area contributed by atoms with Crippen molar-refractivity contribution in [2.75, 3.05) is 0 Å². The molecule has 5 heteroatoms. The van der Waals surface area contributed by atoms with Crippen LogP contribution in [0.25, 0.3) is 0 Å². The van der Waals surface area contributed by atoms with E-state index in [1.54, 1.807) is 0 Å². The Bertz CT molecular complexity index is 1050. The summed E-state index contributed by atoms with van der Waals surface area (Å²) in [6.07, 6.45) is 44.4. The summed E-state index contributed by atoms with van der Waals surface area (Å²) in [5, 5.41) is 9.72. The molecule has 1 fully saturated rings. The number of carbonyl (C=O) groups excluding carboxylic acids is 1. The summed E-state index contributed by atoms with van der Waals surface area (Å²) in [5.41, 5.74) is 0. The molecule has 1 saturated heterocycles. The molecule has 256 valence electrons. The second-order valence-electron chi connectivity index (χ2n) is 13.2. The molecule has 0 aromatic carbocycles. The van der Waals surface area contributed by atoms with Crippen molar-refractivity contribution >= 4 is 11.9 Å². The summed E-state index contributed by atoms with van der Waals surface area (Å²) in [6.45, 7) is 6.39. The molecule has 0 saturated carbocycles. The van der Waals surface area contributed by atoms with E-state index in [4.69, 9.17) is 9.47 Å². The topological polar surface area (TPSA) is 72.8 Å². The monoisotopic (exact) mass is 634 g/mol. The molecular weight excluding hydrogens is 572 g/mol. The van der Waals surface area contributed by atoms with Gasteiger partial charge < -0.3 is 14.6 Å². The summed E-state index contributed by atoms with van der Waals surface area (Å²) >= 11 is 0. The first-order valence-electron chi connectivity index (χ1n) is 18.1. The standard InChI is InChI=1S/C41H62O5/c1-34-27-23-19-15-11-8-6-4-5-7-9-13-17-21-25-29-39-38(41(43)44)32-31-37(46-39)28-24-20-16-12-10-14-18-22-26-30-40(42)45-36(3)35(2)33-34/h4-9,11,13,15,17,19,21,23,27,34-39H,10,12,14,16,18,20,22,24-26,28-33H2,1-3H3,(H,43,44). The van der Waals surface area contributed by atoms with Crippen LogP contribution in [0.15, 0.2) is 85.1 Å². The summed E-state index contributed by atoms with van der Waals surface area (Å²) < 4.78 is 12.1. The largest absolute Gasteiger partial charge is 0.481 e. The highest BCUT2D eigenvalue weighted by Gasteiger charge is 2.35. The van der Waals surface area contributed by atoms with Crippen molar-refractivity contribution in [1.29, 1.82) is 0 Å². The number of hydrogen-bond donors (Lipinski definition) is 1. The number of ether oxygens (including phenoxy) is 2. The Morgan fingerprint density at radius 3 is 1.83 bits per heavy atom. The van der Waals surface area contributed by atoms with E-state index in [9.17, 15) is 14.7 Å². The smallest absolute Gasteiger partial charge is 0.309 e. The second kappa shape index (κ2) is 25.2. The minimum atomic E-state index is -0.730. The Balaban J connectivity index is 1.88.